The second kappa shape index (κ2) is 8.68. The zero-order valence-corrected chi connectivity index (χ0v) is 16.0. The van der Waals surface area contributed by atoms with Crippen LogP contribution in [0.1, 0.15) is 30.6 Å². The molecule has 1 saturated heterocycles. The summed E-state index contributed by atoms with van der Waals surface area (Å²) < 4.78 is 10.1. The van der Waals surface area contributed by atoms with E-state index in [1.54, 1.807) is 24.3 Å². The summed E-state index contributed by atoms with van der Waals surface area (Å²) >= 11 is 0. The lowest BCUT2D eigenvalue weighted by molar-refractivity contribution is -0.222. The molecule has 0 saturated carbocycles. The molecule has 2 rings (SSSR count). The minimum Gasteiger partial charge on any atom is -0.419 e. The predicted molar refractivity (Wildman–Crippen MR) is 99.9 cm³/mol. The van der Waals surface area contributed by atoms with E-state index in [0.29, 0.717) is 17.8 Å². The predicted octanol–water partition coefficient (Wildman–Crippen LogP) is 1.50. The Morgan fingerprint density at radius 2 is 1.78 bits per heavy atom. The summed E-state index contributed by atoms with van der Waals surface area (Å²) in [7, 11) is 3.94. The van der Waals surface area contributed by atoms with Gasteiger partial charge in [-0.15, -0.1) is 0 Å². The highest BCUT2D eigenvalue weighted by Gasteiger charge is 2.39. The van der Waals surface area contributed by atoms with Crippen molar-refractivity contribution in [2.75, 3.05) is 32.5 Å². The molecule has 1 aliphatic heterocycles. The van der Waals surface area contributed by atoms with Crippen LogP contribution in [0.4, 0.5) is 5.69 Å². The normalized spacial score (nSPS) is 15.8. The third kappa shape index (κ3) is 5.82. The van der Waals surface area contributed by atoms with E-state index in [2.05, 4.69) is 10.6 Å². The van der Waals surface area contributed by atoms with E-state index >= 15 is 0 Å². The Hall–Kier alpha value is -2.87. The van der Waals surface area contributed by atoms with E-state index in [-0.39, 0.29) is 11.5 Å². The van der Waals surface area contributed by atoms with Gasteiger partial charge in [-0.3, -0.25) is 4.79 Å². The highest BCUT2D eigenvalue weighted by atomic mass is 16.7. The Kier molecular flexibility index (Phi) is 6.57. The van der Waals surface area contributed by atoms with Gasteiger partial charge >= 0.3 is 11.9 Å². The van der Waals surface area contributed by atoms with Gasteiger partial charge in [0.2, 0.25) is 0 Å². The molecule has 8 nitrogen and oxygen atoms in total. The minimum absolute atomic E-state index is 0.245. The molecule has 1 heterocycles. The fraction of sp³-hybridized carbons (Fsp3) is 0.421. The monoisotopic (exact) mass is 375 g/mol. The average molecular weight is 375 g/mol. The van der Waals surface area contributed by atoms with Crippen molar-refractivity contribution in [3.63, 3.8) is 0 Å². The number of carbonyl (C=O) groups excluding carboxylic acids is 3. The molecule has 1 aromatic rings. The summed E-state index contributed by atoms with van der Waals surface area (Å²) in [5.41, 5.74) is 0.591. The number of cyclic esters (lactones) is 2. The fourth-order valence-electron chi connectivity index (χ4n) is 2.43. The topological polar surface area (TPSA) is 97.0 Å². The summed E-state index contributed by atoms with van der Waals surface area (Å²) in [5, 5.41) is 5.68. The van der Waals surface area contributed by atoms with E-state index in [4.69, 9.17) is 9.47 Å². The van der Waals surface area contributed by atoms with Crippen LogP contribution in [0.25, 0.3) is 0 Å². The second-order valence-electron chi connectivity index (χ2n) is 6.84. The third-order valence-corrected chi connectivity index (χ3v) is 3.73. The number of amides is 1. The molecule has 1 aromatic carbocycles. The first kappa shape index (κ1) is 20.4. The Morgan fingerprint density at radius 1 is 1.15 bits per heavy atom. The fourth-order valence-corrected chi connectivity index (χ4v) is 2.43. The quantitative estimate of drug-likeness (QED) is 0.323. The van der Waals surface area contributed by atoms with Gasteiger partial charge in [0.15, 0.2) is 5.57 Å². The summed E-state index contributed by atoms with van der Waals surface area (Å²) in [6.45, 7) is 4.36. The molecule has 8 heteroatoms. The second-order valence-corrected chi connectivity index (χ2v) is 6.84. The Morgan fingerprint density at radius 3 is 2.41 bits per heavy atom. The molecule has 146 valence electrons. The number of esters is 2. The SMILES string of the molecule is CN(C)CCCNC(=O)c1ccccc1NC=C1C(=O)OC(C)(C)OC1=O. The number of anilines is 1. The largest absolute Gasteiger partial charge is 0.419 e. The molecule has 0 unspecified atom stereocenters. The van der Waals surface area contributed by atoms with Crippen LogP contribution in [0, 0.1) is 0 Å². The van der Waals surface area contributed by atoms with Crippen LogP contribution in [0.3, 0.4) is 0 Å². The first-order valence-electron chi connectivity index (χ1n) is 8.65. The number of benzene rings is 1. The van der Waals surface area contributed by atoms with Crippen molar-refractivity contribution in [1.82, 2.24) is 10.2 Å². The Balaban J connectivity index is 2.06. The molecule has 0 spiro atoms. The van der Waals surface area contributed by atoms with Crippen molar-refractivity contribution in [1.29, 1.82) is 0 Å². The van der Waals surface area contributed by atoms with Crippen molar-refractivity contribution in [3.8, 4) is 0 Å². The van der Waals surface area contributed by atoms with Crippen molar-refractivity contribution < 1.29 is 23.9 Å². The van der Waals surface area contributed by atoms with Gasteiger partial charge in [0, 0.05) is 26.6 Å². The first-order chi connectivity index (χ1) is 12.7. The van der Waals surface area contributed by atoms with E-state index in [0.717, 1.165) is 13.0 Å². The number of rotatable bonds is 7. The highest BCUT2D eigenvalue weighted by molar-refractivity contribution is 6.15. The van der Waals surface area contributed by atoms with E-state index in [9.17, 15) is 14.4 Å². The van der Waals surface area contributed by atoms with E-state index in [1.807, 2.05) is 19.0 Å². The van der Waals surface area contributed by atoms with Gasteiger partial charge in [0.1, 0.15) is 0 Å². The molecule has 0 aromatic heterocycles. The van der Waals surface area contributed by atoms with Gasteiger partial charge < -0.3 is 25.0 Å². The highest BCUT2D eigenvalue weighted by Crippen LogP contribution is 2.23. The van der Waals surface area contributed by atoms with Gasteiger partial charge in [0.25, 0.3) is 11.7 Å². The van der Waals surface area contributed by atoms with Gasteiger partial charge in [-0.25, -0.2) is 9.59 Å². The molecular formula is C19H25N3O5. The van der Waals surface area contributed by atoms with Crippen LogP contribution in [-0.2, 0) is 19.1 Å². The number of para-hydroxylation sites is 1. The van der Waals surface area contributed by atoms with Crippen LogP contribution in [0.2, 0.25) is 0 Å². The Bertz CT molecular complexity index is 733. The van der Waals surface area contributed by atoms with E-state index < -0.39 is 17.7 Å². The molecule has 27 heavy (non-hydrogen) atoms. The van der Waals surface area contributed by atoms with Crippen molar-refractivity contribution >= 4 is 23.5 Å². The number of ether oxygens (including phenoxy) is 2. The summed E-state index contributed by atoms with van der Waals surface area (Å²) in [6, 6.07) is 6.81. The van der Waals surface area contributed by atoms with Crippen molar-refractivity contribution in [3.05, 3.63) is 41.6 Å². The Labute approximate surface area is 158 Å². The number of nitrogens with one attached hydrogen (secondary N) is 2. The van der Waals surface area contributed by atoms with Crippen LogP contribution >= 0.6 is 0 Å². The number of nitrogens with zero attached hydrogens (tertiary/aromatic N) is 1. The summed E-state index contributed by atoms with van der Waals surface area (Å²) in [6.07, 6.45) is 2.02. The molecule has 0 radical (unpaired) electrons. The maximum atomic E-state index is 12.4. The maximum Gasteiger partial charge on any atom is 0.350 e. The van der Waals surface area contributed by atoms with Gasteiger partial charge in [-0.1, -0.05) is 12.1 Å². The molecular weight excluding hydrogens is 350 g/mol. The van der Waals surface area contributed by atoms with Crippen molar-refractivity contribution in [2.45, 2.75) is 26.1 Å². The van der Waals surface area contributed by atoms with Crippen LogP contribution < -0.4 is 10.6 Å². The molecule has 0 atom stereocenters. The molecule has 1 fully saturated rings. The lowest BCUT2D eigenvalue weighted by Gasteiger charge is -2.29. The standard InChI is InChI=1S/C19H25N3O5/c1-19(2)26-17(24)14(18(25)27-19)12-21-15-9-6-5-8-13(15)16(23)20-10-7-11-22(3)4/h5-6,8-9,12,21H,7,10-11H2,1-4H3,(H,20,23). The summed E-state index contributed by atoms with van der Waals surface area (Å²) in [5.74, 6) is -3.11. The molecule has 1 aliphatic rings. The zero-order chi connectivity index (χ0) is 20.0. The average Bonchev–Trinajstić information content (AvgIpc) is 2.57. The lowest BCUT2D eigenvalue weighted by Crippen LogP contribution is -2.42. The number of carbonyl (C=O) groups is 3. The van der Waals surface area contributed by atoms with Gasteiger partial charge in [-0.05, 0) is 39.2 Å². The van der Waals surface area contributed by atoms with Crippen molar-refractivity contribution in [2.24, 2.45) is 0 Å². The molecule has 2 N–H and O–H groups in total. The lowest BCUT2D eigenvalue weighted by atomic mass is 10.1. The maximum absolute atomic E-state index is 12.4. The zero-order valence-electron chi connectivity index (χ0n) is 16.0. The number of hydrogen-bond donors (Lipinski definition) is 2. The third-order valence-electron chi connectivity index (χ3n) is 3.73. The number of hydrogen-bond acceptors (Lipinski definition) is 7. The minimum atomic E-state index is -1.30. The first-order valence-corrected chi connectivity index (χ1v) is 8.65. The van der Waals surface area contributed by atoms with E-state index in [1.165, 1.54) is 20.0 Å². The molecule has 1 amide bonds. The smallest absolute Gasteiger partial charge is 0.350 e. The molecule has 0 aliphatic carbocycles. The van der Waals surface area contributed by atoms with Gasteiger partial charge in [0.05, 0.1) is 11.3 Å². The van der Waals surface area contributed by atoms with Crippen LogP contribution in [0.5, 0.6) is 0 Å². The van der Waals surface area contributed by atoms with Crippen LogP contribution in [0.15, 0.2) is 36.0 Å². The van der Waals surface area contributed by atoms with Crippen LogP contribution in [-0.4, -0.2) is 55.7 Å². The van der Waals surface area contributed by atoms with Gasteiger partial charge in [-0.2, -0.15) is 0 Å². The molecule has 0 bridgehead atoms. The summed E-state index contributed by atoms with van der Waals surface area (Å²) in [4.78, 5) is 38.4.